The first-order valence-electron chi connectivity index (χ1n) is 14.6. The fraction of sp³-hybridized carbons (Fsp3) is 0.967. The van der Waals surface area contributed by atoms with E-state index in [1.54, 1.807) is 0 Å². The zero-order valence-electron chi connectivity index (χ0n) is 23.2. The number of carbonyl (C=O) groups is 1. The Bertz CT molecular complexity index is 711. The summed E-state index contributed by atoms with van der Waals surface area (Å²) in [6, 6.07) is 0. The molecule has 0 aromatic heterocycles. The SMILES string of the molecule is CC(C)CCC(=O)[C@H](C)[C@H]1CC[C@H]2C3CCC4C[C@@H](O[Si](C)(C)C)CC[C@]4(C)[C@H]3CC[C@]12C. The van der Waals surface area contributed by atoms with Gasteiger partial charge in [0, 0.05) is 18.4 Å². The van der Waals surface area contributed by atoms with Gasteiger partial charge in [-0.25, -0.2) is 0 Å². The average Bonchev–Trinajstić information content (AvgIpc) is 3.07. The smallest absolute Gasteiger partial charge is 0.184 e. The summed E-state index contributed by atoms with van der Waals surface area (Å²) in [6.07, 6.45) is 14.7. The molecular formula is C30H54O2Si. The van der Waals surface area contributed by atoms with Crippen LogP contribution in [0.2, 0.25) is 19.6 Å². The molecule has 4 aliphatic carbocycles. The Morgan fingerprint density at radius 1 is 0.909 bits per heavy atom. The Kier molecular flexibility index (Phi) is 7.37. The predicted molar refractivity (Wildman–Crippen MR) is 142 cm³/mol. The van der Waals surface area contributed by atoms with E-state index in [2.05, 4.69) is 54.3 Å². The molecule has 0 N–H and O–H groups in total. The summed E-state index contributed by atoms with van der Waals surface area (Å²) in [6.45, 7) is 19.1. The Labute approximate surface area is 206 Å². The van der Waals surface area contributed by atoms with Crippen LogP contribution in [0.4, 0.5) is 0 Å². The summed E-state index contributed by atoms with van der Waals surface area (Å²) in [5.41, 5.74) is 0.926. The molecule has 33 heavy (non-hydrogen) atoms. The second-order valence-electron chi connectivity index (χ2n) is 14.7. The van der Waals surface area contributed by atoms with E-state index in [1.165, 1.54) is 57.8 Å². The maximum atomic E-state index is 13.1. The van der Waals surface area contributed by atoms with Crippen molar-refractivity contribution in [2.75, 3.05) is 0 Å². The van der Waals surface area contributed by atoms with Gasteiger partial charge >= 0.3 is 0 Å². The van der Waals surface area contributed by atoms with E-state index in [0.29, 0.717) is 34.6 Å². The highest BCUT2D eigenvalue weighted by molar-refractivity contribution is 6.69. The van der Waals surface area contributed by atoms with Gasteiger partial charge in [-0.2, -0.15) is 0 Å². The van der Waals surface area contributed by atoms with Crippen LogP contribution < -0.4 is 0 Å². The number of fused-ring (bicyclic) bond motifs is 5. The molecule has 3 heteroatoms. The monoisotopic (exact) mass is 474 g/mol. The van der Waals surface area contributed by atoms with E-state index < -0.39 is 8.32 Å². The van der Waals surface area contributed by atoms with Gasteiger partial charge in [-0.3, -0.25) is 4.79 Å². The Morgan fingerprint density at radius 2 is 1.58 bits per heavy atom. The predicted octanol–water partition coefficient (Wildman–Crippen LogP) is 8.51. The lowest BCUT2D eigenvalue weighted by Crippen LogP contribution is -2.55. The molecule has 2 unspecified atom stereocenters. The molecule has 0 bridgehead atoms. The van der Waals surface area contributed by atoms with Crippen molar-refractivity contribution in [2.24, 2.45) is 52.3 Å². The summed E-state index contributed by atoms with van der Waals surface area (Å²) in [7, 11) is -1.46. The lowest BCUT2D eigenvalue weighted by Gasteiger charge is -2.61. The zero-order valence-corrected chi connectivity index (χ0v) is 24.2. The van der Waals surface area contributed by atoms with Crippen molar-refractivity contribution in [2.45, 2.75) is 131 Å². The molecule has 0 saturated heterocycles. The van der Waals surface area contributed by atoms with Crippen molar-refractivity contribution in [3.05, 3.63) is 0 Å². The van der Waals surface area contributed by atoms with Crippen molar-refractivity contribution in [3.8, 4) is 0 Å². The van der Waals surface area contributed by atoms with Crippen LogP contribution in [0.5, 0.6) is 0 Å². The van der Waals surface area contributed by atoms with Gasteiger partial charge in [0.15, 0.2) is 8.32 Å². The van der Waals surface area contributed by atoms with Crippen molar-refractivity contribution in [1.29, 1.82) is 0 Å². The Balaban J connectivity index is 1.45. The van der Waals surface area contributed by atoms with E-state index in [1.807, 2.05) is 0 Å². The summed E-state index contributed by atoms with van der Waals surface area (Å²) >= 11 is 0. The summed E-state index contributed by atoms with van der Waals surface area (Å²) in [4.78, 5) is 13.1. The number of carbonyl (C=O) groups excluding carboxylic acids is 1. The minimum Gasteiger partial charge on any atom is -0.415 e. The molecule has 4 saturated carbocycles. The molecule has 0 heterocycles. The van der Waals surface area contributed by atoms with E-state index in [4.69, 9.17) is 4.43 Å². The Morgan fingerprint density at radius 3 is 2.24 bits per heavy atom. The molecule has 4 fully saturated rings. The maximum Gasteiger partial charge on any atom is 0.184 e. The Hall–Kier alpha value is -0.153. The maximum absolute atomic E-state index is 13.1. The van der Waals surface area contributed by atoms with E-state index >= 15 is 0 Å². The van der Waals surface area contributed by atoms with Gasteiger partial charge < -0.3 is 4.43 Å². The molecule has 9 atom stereocenters. The van der Waals surface area contributed by atoms with E-state index in [0.717, 1.165) is 36.5 Å². The van der Waals surface area contributed by atoms with Gasteiger partial charge in [-0.05, 0) is 130 Å². The molecule has 0 spiro atoms. The normalized spacial score (nSPS) is 44.2. The fourth-order valence-electron chi connectivity index (χ4n) is 9.57. The van der Waals surface area contributed by atoms with Crippen LogP contribution in [-0.4, -0.2) is 20.2 Å². The van der Waals surface area contributed by atoms with Crippen LogP contribution in [0, 0.1) is 52.3 Å². The largest absolute Gasteiger partial charge is 0.415 e. The number of hydrogen-bond donors (Lipinski definition) is 0. The molecule has 2 nitrogen and oxygen atoms in total. The molecule has 0 aromatic carbocycles. The lowest BCUT2D eigenvalue weighted by atomic mass is 9.44. The van der Waals surface area contributed by atoms with Gasteiger partial charge in [-0.1, -0.05) is 34.6 Å². The molecule has 0 radical (unpaired) electrons. The third-order valence-electron chi connectivity index (χ3n) is 11.3. The van der Waals surface area contributed by atoms with Gasteiger partial charge in [0.25, 0.3) is 0 Å². The number of hydrogen-bond acceptors (Lipinski definition) is 2. The standard InChI is InChI=1S/C30H54O2Si/c1-20(2)9-14-28(31)21(3)25-12-13-26-24-11-10-22-19-23(32-33(6,7)8)15-17-29(22,4)27(24)16-18-30(25,26)5/h20-27H,9-19H2,1-8H3/t21-,22?,23+,24?,25-,26+,27+,29+,30-/m1/s1. The summed E-state index contributed by atoms with van der Waals surface area (Å²) in [5, 5.41) is 0. The third kappa shape index (κ3) is 4.93. The molecule has 0 aliphatic heterocycles. The fourth-order valence-corrected chi connectivity index (χ4v) is 10.8. The van der Waals surface area contributed by atoms with Crippen LogP contribution in [0.15, 0.2) is 0 Å². The quantitative estimate of drug-likeness (QED) is 0.346. The highest BCUT2D eigenvalue weighted by Crippen LogP contribution is 2.68. The highest BCUT2D eigenvalue weighted by Gasteiger charge is 2.61. The van der Waals surface area contributed by atoms with Gasteiger partial charge in [0.05, 0.1) is 0 Å². The topological polar surface area (TPSA) is 26.3 Å². The second-order valence-corrected chi connectivity index (χ2v) is 19.2. The van der Waals surface area contributed by atoms with E-state index in [-0.39, 0.29) is 5.92 Å². The van der Waals surface area contributed by atoms with Crippen molar-refractivity contribution < 1.29 is 9.22 Å². The lowest BCUT2D eigenvalue weighted by molar-refractivity contribution is -0.135. The minimum absolute atomic E-state index is 0.261. The van der Waals surface area contributed by atoms with Gasteiger partial charge in [0.2, 0.25) is 0 Å². The third-order valence-corrected chi connectivity index (χ3v) is 12.3. The van der Waals surface area contributed by atoms with Crippen LogP contribution >= 0.6 is 0 Å². The van der Waals surface area contributed by atoms with Crippen LogP contribution in [0.25, 0.3) is 0 Å². The molecular weight excluding hydrogens is 420 g/mol. The van der Waals surface area contributed by atoms with Crippen LogP contribution in [0.1, 0.15) is 105 Å². The number of Topliss-reactive ketones (excluding diaryl/α,β-unsaturated/α-hetero) is 1. The molecule has 190 valence electrons. The number of rotatable bonds is 7. The minimum atomic E-state index is -1.46. The molecule has 4 rings (SSSR count). The van der Waals surface area contributed by atoms with Crippen molar-refractivity contribution in [3.63, 3.8) is 0 Å². The molecule has 0 amide bonds. The highest BCUT2D eigenvalue weighted by atomic mass is 28.4. The zero-order chi connectivity index (χ0) is 24.2. The first-order valence-corrected chi connectivity index (χ1v) is 18.0. The second kappa shape index (κ2) is 9.38. The molecule has 0 aromatic rings. The first-order chi connectivity index (χ1) is 15.3. The van der Waals surface area contributed by atoms with Crippen molar-refractivity contribution >= 4 is 14.1 Å². The van der Waals surface area contributed by atoms with Gasteiger partial charge in [0.1, 0.15) is 5.78 Å². The molecule has 4 aliphatic rings. The van der Waals surface area contributed by atoms with E-state index in [9.17, 15) is 4.79 Å². The summed E-state index contributed by atoms with van der Waals surface area (Å²) < 4.78 is 6.60. The van der Waals surface area contributed by atoms with Gasteiger partial charge in [-0.15, -0.1) is 0 Å². The van der Waals surface area contributed by atoms with Crippen LogP contribution in [-0.2, 0) is 9.22 Å². The number of ketones is 1. The summed E-state index contributed by atoms with van der Waals surface area (Å²) in [5.74, 6) is 5.60. The van der Waals surface area contributed by atoms with Crippen molar-refractivity contribution in [1.82, 2.24) is 0 Å². The average molecular weight is 475 g/mol. The van der Waals surface area contributed by atoms with Crippen LogP contribution in [0.3, 0.4) is 0 Å². The first kappa shape index (κ1) is 25.9.